The van der Waals surface area contributed by atoms with Crippen LogP contribution >= 0.6 is 15.9 Å². The molecule has 5 heteroatoms. The minimum Gasteiger partial charge on any atom is -0.398 e. The molecule has 0 aromatic carbocycles. The van der Waals surface area contributed by atoms with Gasteiger partial charge in [-0.05, 0) is 28.4 Å². The second kappa shape index (κ2) is 4.43. The third kappa shape index (κ3) is 2.57. The Labute approximate surface area is 84.1 Å². The third-order valence-electron chi connectivity index (χ3n) is 1.62. The molecule has 0 radical (unpaired) electrons. The number of nitrogens with zero attached hydrogens (tertiary/aromatic N) is 1. The van der Waals surface area contributed by atoms with Gasteiger partial charge in [0.2, 0.25) is 0 Å². The van der Waals surface area contributed by atoms with Crippen LogP contribution in [0.15, 0.2) is 21.5 Å². The van der Waals surface area contributed by atoms with Crippen LogP contribution in [0.5, 0.6) is 0 Å². The number of pyridine rings is 1. The topological polar surface area (TPSA) is 68.2 Å². The Morgan fingerprint density at radius 3 is 2.92 bits per heavy atom. The number of hydrogen-bond acceptors (Lipinski definition) is 3. The van der Waals surface area contributed by atoms with Crippen LogP contribution in [0.25, 0.3) is 0 Å². The second-order valence-electron chi connectivity index (χ2n) is 2.70. The molecular weight excluding hydrogens is 236 g/mol. The normalized spacial score (nSPS) is 10.3. The fraction of sp³-hybridized carbons (Fsp3) is 0.375. The summed E-state index contributed by atoms with van der Waals surface area (Å²) in [6.45, 7) is 0.553. The number of nitrogens with two attached hydrogens (primary N) is 1. The first kappa shape index (κ1) is 10.3. The Balaban J connectivity index is 2.99. The SMILES string of the molecule is Nc1cc(Br)c(=O)n(CCCO)c1. The van der Waals surface area contributed by atoms with E-state index >= 15 is 0 Å². The fourth-order valence-electron chi connectivity index (χ4n) is 1.03. The zero-order valence-corrected chi connectivity index (χ0v) is 8.62. The Bertz CT molecular complexity index is 348. The second-order valence-corrected chi connectivity index (χ2v) is 3.55. The van der Waals surface area contributed by atoms with Crippen molar-refractivity contribution < 1.29 is 5.11 Å². The fourth-order valence-corrected chi connectivity index (χ4v) is 1.52. The van der Waals surface area contributed by atoms with Crippen LogP contribution < -0.4 is 11.3 Å². The van der Waals surface area contributed by atoms with E-state index in [-0.39, 0.29) is 12.2 Å². The molecule has 0 bridgehead atoms. The summed E-state index contributed by atoms with van der Waals surface area (Å²) in [6, 6.07) is 1.57. The van der Waals surface area contributed by atoms with Gasteiger partial charge in [-0.25, -0.2) is 0 Å². The van der Waals surface area contributed by atoms with Crippen molar-refractivity contribution in [3.05, 3.63) is 27.1 Å². The monoisotopic (exact) mass is 246 g/mol. The highest BCUT2D eigenvalue weighted by molar-refractivity contribution is 9.10. The van der Waals surface area contributed by atoms with Crippen molar-refractivity contribution in [3.8, 4) is 0 Å². The Morgan fingerprint density at radius 2 is 2.31 bits per heavy atom. The number of halogens is 1. The van der Waals surface area contributed by atoms with Gasteiger partial charge in [0.25, 0.3) is 5.56 Å². The van der Waals surface area contributed by atoms with E-state index < -0.39 is 0 Å². The lowest BCUT2D eigenvalue weighted by Crippen LogP contribution is -2.21. The van der Waals surface area contributed by atoms with Gasteiger partial charge in [-0.1, -0.05) is 0 Å². The molecule has 0 aliphatic rings. The molecule has 0 spiro atoms. The van der Waals surface area contributed by atoms with E-state index in [1.54, 1.807) is 12.3 Å². The summed E-state index contributed by atoms with van der Waals surface area (Å²) in [5.41, 5.74) is 5.96. The van der Waals surface area contributed by atoms with Crippen LogP contribution in [-0.2, 0) is 6.54 Å². The van der Waals surface area contributed by atoms with Crippen molar-refractivity contribution in [1.82, 2.24) is 4.57 Å². The van der Waals surface area contributed by atoms with Crippen molar-refractivity contribution >= 4 is 21.6 Å². The van der Waals surface area contributed by atoms with Crippen molar-refractivity contribution in [1.29, 1.82) is 0 Å². The summed E-state index contributed by atoms with van der Waals surface area (Å²) in [7, 11) is 0. The van der Waals surface area contributed by atoms with E-state index in [1.807, 2.05) is 0 Å². The molecule has 0 amide bonds. The molecule has 0 aliphatic carbocycles. The standard InChI is InChI=1S/C8H11BrN2O2/c9-7-4-6(10)5-11(8(7)13)2-1-3-12/h4-5,12H,1-3,10H2. The molecule has 72 valence electrons. The molecule has 0 unspecified atom stereocenters. The predicted molar refractivity (Wildman–Crippen MR) is 54.5 cm³/mol. The number of aliphatic hydroxyl groups excluding tert-OH is 1. The molecule has 4 nitrogen and oxygen atoms in total. The molecule has 0 saturated heterocycles. The number of nitrogen functional groups attached to an aromatic ring is 1. The van der Waals surface area contributed by atoms with Gasteiger partial charge in [-0.2, -0.15) is 0 Å². The molecule has 1 rings (SSSR count). The summed E-state index contributed by atoms with van der Waals surface area (Å²) in [5.74, 6) is 0. The average Bonchev–Trinajstić information content (AvgIpc) is 2.09. The van der Waals surface area contributed by atoms with Crippen molar-refractivity contribution in [3.63, 3.8) is 0 Å². The molecule has 13 heavy (non-hydrogen) atoms. The number of rotatable bonds is 3. The smallest absolute Gasteiger partial charge is 0.264 e. The van der Waals surface area contributed by atoms with Crippen LogP contribution in [-0.4, -0.2) is 16.3 Å². The first-order valence-electron chi connectivity index (χ1n) is 3.91. The lowest BCUT2D eigenvalue weighted by molar-refractivity contribution is 0.279. The van der Waals surface area contributed by atoms with Gasteiger partial charge in [-0.3, -0.25) is 4.79 Å². The van der Waals surface area contributed by atoms with E-state index in [9.17, 15) is 4.79 Å². The van der Waals surface area contributed by atoms with Crippen LogP contribution in [0.3, 0.4) is 0 Å². The maximum Gasteiger partial charge on any atom is 0.264 e. The first-order valence-corrected chi connectivity index (χ1v) is 4.71. The number of aryl methyl sites for hydroxylation is 1. The van der Waals surface area contributed by atoms with Gasteiger partial charge < -0.3 is 15.4 Å². The van der Waals surface area contributed by atoms with Crippen molar-refractivity contribution in [2.45, 2.75) is 13.0 Å². The van der Waals surface area contributed by atoms with Crippen molar-refractivity contribution in [2.75, 3.05) is 12.3 Å². The third-order valence-corrected chi connectivity index (χ3v) is 2.19. The first-order chi connectivity index (χ1) is 6.15. The molecule has 1 aromatic rings. The molecule has 3 N–H and O–H groups in total. The lowest BCUT2D eigenvalue weighted by atomic mass is 10.4. The number of aromatic nitrogens is 1. The minimum atomic E-state index is -0.123. The maximum absolute atomic E-state index is 11.4. The molecule has 0 fully saturated rings. The zero-order valence-electron chi connectivity index (χ0n) is 7.03. The van der Waals surface area contributed by atoms with Gasteiger partial charge in [0, 0.05) is 25.0 Å². The number of anilines is 1. The van der Waals surface area contributed by atoms with Gasteiger partial charge >= 0.3 is 0 Å². The van der Waals surface area contributed by atoms with E-state index in [4.69, 9.17) is 10.8 Å². The number of aliphatic hydroxyl groups is 1. The minimum absolute atomic E-state index is 0.0683. The Kier molecular flexibility index (Phi) is 3.50. The molecule has 0 aliphatic heterocycles. The van der Waals surface area contributed by atoms with E-state index in [2.05, 4.69) is 15.9 Å². The summed E-state index contributed by atoms with van der Waals surface area (Å²) in [4.78, 5) is 11.4. The van der Waals surface area contributed by atoms with Crippen LogP contribution in [0, 0.1) is 0 Å². The van der Waals surface area contributed by atoms with Gasteiger partial charge in [-0.15, -0.1) is 0 Å². The highest BCUT2D eigenvalue weighted by Gasteiger charge is 2.01. The molecule has 0 saturated carbocycles. The largest absolute Gasteiger partial charge is 0.398 e. The summed E-state index contributed by atoms with van der Waals surface area (Å²) in [5, 5.41) is 8.60. The molecule has 0 atom stereocenters. The highest BCUT2D eigenvalue weighted by Crippen LogP contribution is 2.08. The zero-order chi connectivity index (χ0) is 9.84. The average molecular weight is 247 g/mol. The van der Waals surface area contributed by atoms with Crippen LogP contribution in [0.1, 0.15) is 6.42 Å². The van der Waals surface area contributed by atoms with E-state index in [0.29, 0.717) is 23.1 Å². The van der Waals surface area contributed by atoms with Gasteiger partial charge in [0.1, 0.15) is 0 Å². The Hall–Kier alpha value is -0.810. The number of hydrogen-bond donors (Lipinski definition) is 2. The quantitative estimate of drug-likeness (QED) is 0.820. The predicted octanol–water partition coefficient (Wildman–Crippen LogP) is 0.575. The van der Waals surface area contributed by atoms with Gasteiger partial charge in [0.15, 0.2) is 0 Å². The van der Waals surface area contributed by atoms with Gasteiger partial charge in [0.05, 0.1) is 4.47 Å². The highest BCUT2D eigenvalue weighted by atomic mass is 79.9. The van der Waals surface area contributed by atoms with Crippen LogP contribution in [0.4, 0.5) is 5.69 Å². The summed E-state index contributed by atoms with van der Waals surface area (Å²) >= 11 is 3.11. The summed E-state index contributed by atoms with van der Waals surface area (Å²) < 4.78 is 1.93. The molecular formula is C8H11BrN2O2. The van der Waals surface area contributed by atoms with Crippen molar-refractivity contribution in [2.24, 2.45) is 0 Å². The lowest BCUT2D eigenvalue weighted by Gasteiger charge is -2.05. The molecule has 1 heterocycles. The van der Waals surface area contributed by atoms with E-state index in [0.717, 1.165) is 0 Å². The Morgan fingerprint density at radius 1 is 1.62 bits per heavy atom. The molecule has 1 aromatic heterocycles. The van der Waals surface area contributed by atoms with Crippen LogP contribution in [0.2, 0.25) is 0 Å². The van der Waals surface area contributed by atoms with E-state index in [1.165, 1.54) is 4.57 Å². The maximum atomic E-state index is 11.4. The summed E-state index contributed by atoms with van der Waals surface area (Å²) in [6.07, 6.45) is 2.12.